The predicted molar refractivity (Wildman–Crippen MR) is 92.2 cm³/mol. The van der Waals surface area contributed by atoms with Crippen LogP contribution in [0.4, 0.5) is 10.9 Å². The van der Waals surface area contributed by atoms with Gasteiger partial charge in [-0.3, -0.25) is 0 Å². The number of fused-ring (bicyclic) bond motifs is 1. The molecule has 3 fully saturated rings. The predicted octanol–water partition coefficient (Wildman–Crippen LogP) is 2.25. The van der Waals surface area contributed by atoms with Crippen molar-refractivity contribution in [2.75, 3.05) is 36.0 Å². The molecule has 0 N–H and O–H groups in total. The summed E-state index contributed by atoms with van der Waals surface area (Å²) in [7, 11) is 0. The van der Waals surface area contributed by atoms with E-state index in [2.05, 4.69) is 31.1 Å². The van der Waals surface area contributed by atoms with Crippen LogP contribution < -0.4 is 9.80 Å². The number of rotatable bonds is 3. The fourth-order valence-corrected chi connectivity index (χ4v) is 4.94. The summed E-state index contributed by atoms with van der Waals surface area (Å²) in [5.74, 6) is 2.76. The Labute approximate surface area is 144 Å². The number of nitriles is 1. The highest BCUT2D eigenvalue weighted by molar-refractivity contribution is 7.15. The van der Waals surface area contributed by atoms with E-state index in [1.54, 1.807) is 17.5 Å². The van der Waals surface area contributed by atoms with Crippen LogP contribution in [0.5, 0.6) is 0 Å². The van der Waals surface area contributed by atoms with Gasteiger partial charge in [0.15, 0.2) is 0 Å². The molecule has 2 aromatic rings. The molecule has 1 aliphatic carbocycles. The third kappa shape index (κ3) is 2.33. The Kier molecular flexibility index (Phi) is 3.20. The molecule has 0 aromatic carbocycles. The minimum absolute atomic E-state index is 0.617. The van der Waals surface area contributed by atoms with Crippen LogP contribution in [0, 0.1) is 23.2 Å². The van der Waals surface area contributed by atoms with Gasteiger partial charge in [0.05, 0.1) is 5.56 Å². The minimum Gasteiger partial charge on any atom is -0.355 e. The number of pyridine rings is 1. The normalized spacial score (nSPS) is 25.8. The number of hydrogen-bond acceptors (Lipinski definition) is 7. The maximum absolute atomic E-state index is 9.29. The van der Waals surface area contributed by atoms with Gasteiger partial charge >= 0.3 is 0 Å². The lowest BCUT2D eigenvalue weighted by atomic mass is 10.0. The molecule has 5 rings (SSSR count). The van der Waals surface area contributed by atoms with Gasteiger partial charge in [0.2, 0.25) is 5.13 Å². The minimum atomic E-state index is 0.617. The summed E-state index contributed by atoms with van der Waals surface area (Å²) >= 11 is 1.78. The SMILES string of the molecule is N#Cc1cccnc1N1CC2CN(c3nnc(C4CC4)s3)CC2C1. The maximum atomic E-state index is 9.29. The van der Waals surface area contributed by atoms with Crippen molar-refractivity contribution in [3.05, 3.63) is 28.9 Å². The fourth-order valence-electron chi connectivity index (χ4n) is 3.91. The second kappa shape index (κ2) is 5.42. The zero-order chi connectivity index (χ0) is 16.1. The van der Waals surface area contributed by atoms with E-state index in [4.69, 9.17) is 0 Å². The van der Waals surface area contributed by atoms with Crippen molar-refractivity contribution in [3.8, 4) is 6.07 Å². The van der Waals surface area contributed by atoms with Crippen LogP contribution in [-0.2, 0) is 0 Å². The highest BCUT2D eigenvalue weighted by Gasteiger charge is 2.42. The second-order valence-electron chi connectivity index (χ2n) is 7.01. The molecule has 2 atom stereocenters. The Morgan fingerprint density at radius 1 is 1.08 bits per heavy atom. The second-order valence-corrected chi connectivity index (χ2v) is 8.00. The van der Waals surface area contributed by atoms with E-state index in [1.165, 1.54) is 17.8 Å². The fraction of sp³-hybridized carbons (Fsp3) is 0.529. The van der Waals surface area contributed by atoms with Crippen molar-refractivity contribution in [2.24, 2.45) is 11.8 Å². The molecule has 0 bridgehead atoms. The first-order chi connectivity index (χ1) is 11.8. The number of anilines is 2. The average Bonchev–Trinajstić information content (AvgIpc) is 3.04. The van der Waals surface area contributed by atoms with Gasteiger partial charge in [-0.2, -0.15) is 5.26 Å². The Morgan fingerprint density at radius 2 is 1.83 bits per heavy atom. The summed E-state index contributed by atoms with van der Waals surface area (Å²) in [5, 5.41) is 20.4. The Balaban J connectivity index is 1.29. The topological polar surface area (TPSA) is 68.9 Å². The largest absolute Gasteiger partial charge is 0.355 e. The molecule has 122 valence electrons. The lowest BCUT2D eigenvalue weighted by molar-refractivity contribution is 0.533. The van der Waals surface area contributed by atoms with Gasteiger partial charge in [-0.05, 0) is 25.0 Å². The summed E-state index contributed by atoms with van der Waals surface area (Å²) in [6, 6.07) is 5.94. The van der Waals surface area contributed by atoms with Crippen molar-refractivity contribution < 1.29 is 0 Å². The van der Waals surface area contributed by atoms with E-state index < -0.39 is 0 Å². The Hall–Kier alpha value is -2.20. The van der Waals surface area contributed by atoms with Crippen molar-refractivity contribution >= 4 is 22.3 Å². The molecule has 0 radical (unpaired) electrons. The van der Waals surface area contributed by atoms with E-state index >= 15 is 0 Å². The van der Waals surface area contributed by atoms with Gasteiger partial charge in [-0.1, -0.05) is 11.3 Å². The summed E-state index contributed by atoms with van der Waals surface area (Å²) in [6.07, 6.45) is 4.33. The van der Waals surface area contributed by atoms with E-state index in [0.717, 1.165) is 37.1 Å². The number of nitrogens with zero attached hydrogens (tertiary/aromatic N) is 6. The Bertz CT molecular complexity index is 793. The van der Waals surface area contributed by atoms with Crippen molar-refractivity contribution in [1.29, 1.82) is 5.26 Å². The highest BCUT2D eigenvalue weighted by atomic mass is 32.1. The first-order valence-electron chi connectivity index (χ1n) is 8.50. The van der Waals surface area contributed by atoms with Crippen molar-refractivity contribution in [3.63, 3.8) is 0 Å². The van der Waals surface area contributed by atoms with Crippen LogP contribution in [0.25, 0.3) is 0 Å². The molecule has 2 aliphatic heterocycles. The third-order valence-corrected chi connectivity index (χ3v) is 6.47. The molecule has 0 spiro atoms. The van der Waals surface area contributed by atoms with Gasteiger partial charge < -0.3 is 9.80 Å². The van der Waals surface area contributed by atoms with Crippen LogP contribution in [0.15, 0.2) is 18.3 Å². The number of hydrogen-bond donors (Lipinski definition) is 0. The molecule has 24 heavy (non-hydrogen) atoms. The van der Waals surface area contributed by atoms with Crippen molar-refractivity contribution in [2.45, 2.75) is 18.8 Å². The van der Waals surface area contributed by atoms with Crippen LogP contribution in [0.1, 0.15) is 29.3 Å². The van der Waals surface area contributed by atoms with Gasteiger partial charge in [-0.25, -0.2) is 4.98 Å². The lowest BCUT2D eigenvalue weighted by Gasteiger charge is -2.22. The standard InChI is InChI=1S/C17H18N6S/c18-6-12-2-1-5-19-15(12)22-7-13-9-23(10-14(13)8-22)17-21-20-16(24-17)11-3-4-11/h1-2,5,11,13-14H,3-4,7-10H2. The summed E-state index contributed by atoms with van der Waals surface area (Å²) in [6.45, 7) is 4.02. The van der Waals surface area contributed by atoms with Crippen LogP contribution in [-0.4, -0.2) is 41.4 Å². The van der Waals surface area contributed by atoms with Crippen LogP contribution >= 0.6 is 11.3 Å². The first-order valence-corrected chi connectivity index (χ1v) is 9.32. The highest BCUT2D eigenvalue weighted by Crippen LogP contribution is 2.44. The van der Waals surface area contributed by atoms with E-state index in [1.807, 2.05) is 12.1 Å². The van der Waals surface area contributed by atoms with Gasteiger partial charge in [0.1, 0.15) is 16.9 Å². The summed E-state index contributed by atoms with van der Waals surface area (Å²) in [5.41, 5.74) is 0.674. The number of aromatic nitrogens is 3. The summed E-state index contributed by atoms with van der Waals surface area (Å²) in [4.78, 5) is 9.12. The maximum Gasteiger partial charge on any atom is 0.208 e. The monoisotopic (exact) mass is 338 g/mol. The van der Waals surface area contributed by atoms with Gasteiger partial charge in [-0.15, -0.1) is 10.2 Å². The molecule has 0 amide bonds. The molecule has 2 unspecified atom stereocenters. The molecule has 1 saturated carbocycles. The molecular formula is C17H18N6S. The third-order valence-electron chi connectivity index (χ3n) is 5.32. The molecule has 3 aliphatic rings. The zero-order valence-corrected chi connectivity index (χ0v) is 14.1. The first kappa shape index (κ1) is 14.2. The van der Waals surface area contributed by atoms with Gasteiger partial charge in [0, 0.05) is 50.1 Å². The van der Waals surface area contributed by atoms with Crippen LogP contribution in [0.2, 0.25) is 0 Å². The Morgan fingerprint density at radius 3 is 2.54 bits per heavy atom. The molecule has 4 heterocycles. The van der Waals surface area contributed by atoms with Crippen LogP contribution in [0.3, 0.4) is 0 Å². The van der Waals surface area contributed by atoms with E-state index in [-0.39, 0.29) is 0 Å². The molecule has 2 aromatic heterocycles. The molecule has 2 saturated heterocycles. The quantitative estimate of drug-likeness (QED) is 0.855. The zero-order valence-electron chi connectivity index (χ0n) is 13.3. The smallest absolute Gasteiger partial charge is 0.208 e. The lowest BCUT2D eigenvalue weighted by Crippen LogP contribution is -2.29. The average molecular weight is 338 g/mol. The van der Waals surface area contributed by atoms with Gasteiger partial charge in [0.25, 0.3) is 0 Å². The van der Waals surface area contributed by atoms with E-state index in [0.29, 0.717) is 23.3 Å². The molecule has 7 heteroatoms. The molecule has 6 nitrogen and oxygen atoms in total. The summed E-state index contributed by atoms with van der Waals surface area (Å²) < 4.78 is 0. The van der Waals surface area contributed by atoms with Crippen molar-refractivity contribution in [1.82, 2.24) is 15.2 Å². The van der Waals surface area contributed by atoms with E-state index in [9.17, 15) is 5.26 Å². The molecular weight excluding hydrogens is 320 g/mol.